The van der Waals surface area contributed by atoms with Gasteiger partial charge in [-0.2, -0.15) is 4.98 Å². The second-order valence-electron chi connectivity index (χ2n) is 4.50. The Balaban J connectivity index is 1.66. The van der Waals surface area contributed by atoms with Gasteiger partial charge in [0.05, 0.1) is 6.42 Å². The molecular weight excluding hydrogens is 266 g/mol. The van der Waals surface area contributed by atoms with Crippen molar-refractivity contribution in [2.75, 3.05) is 5.32 Å². The van der Waals surface area contributed by atoms with Crippen molar-refractivity contribution in [1.29, 1.82) is 0 Å². The second kappa shape index (κ2) is 6.00. The van der Waals surface area contributed by atoms with E-state index in [0.29, 0.717) is 5.89 Å². The van der Waals surface area contributed by atoms with Crippen molar-refractivity contribution in [2.45, 2.75) is 6.42 Å². The highest BCUT2D eigenvalue weighted by molar-refractivity contribution is 5.90. The van der Waals surface area contributed by atoms with Crippen LogP contribution in [0.25, 0.3) is 11.5 Å². The van der Waals surface area contributed by atoms with Crippen LogP contribution in [0.5, 0.6) is 0 Å². The molecule has 0 fully saturated rings. The monoisotopic (exact) mass is 279 g/mol. The lowest BCUT2D eigenvalue weighted by molar-refractivity contribution is -0.115. The summed E-state index contributed by atoms with van der Waals surface area (Å²) >= 11 is 0. The SMILES string of the molecule is O=C(Cc1ccccc1)Nc1noc(-c2ccccc2)n1. The van der Waals surface area contributed by atoms with Crippen LogP contribution < -0.4 is 5.32 Å². The van der Waals surface area contributed by atoms with Crippen LogP contribution >= 0.6 is 0 Å². The van der Waals surface area contributed by atoms with Crippen molar-refractivity contribution >= 4 is 11.9 Å². The smallest absolute Gasteiger partial charge is 0.270 e. The van der Waals surface area contributed by atoms with E-state index < -0.39 is 0 Å². The van der Waals surface area contributed by atoms with Gasteiger partial charge < -0.3 is 4.52 Å². The zero-order valence-corrected chi connectivity index (χ0v) is 11.2. The van der Waals surface area contributed by atoms with Gasteiger partial charge in [0.15, 0.2) is 0 Å². The van der Waals surface area contributed by atoms with Gasteiger partial charge in [-0.3, -0.25) is 10.1 Å². The van der Waals surface area contributed by atoms with Gasteiger partial charge >= 0.3 is 0 Å². The van der Waals surface area contributed by atoms with Crippen molar-refractivity contribution in [3.8, 4) is 11.5 Å². The van der Waals surface area contributed by atoms with E-state index >= 15 is 0 Å². The zero-order valence-electron chi connectivity index (χ0n) is 11.2. The molecule has 0 radical (unpaired) electrons. The van der Waals surface area contributed by atoms with E-state index in [9.17, 15) is 4.79 Å². The van der Waals surface area contributed by atoms with Crippen LogP contribution in [0.15, 0.2) is 65.2 Å². The fourth-order valence-electron chi connectivity index (χ4n) is 1.92. The molecule has 0 saturated heterocycles. The van der Waals surface area contributed by atoms with Crippen LogP contribution in [-0.2, 0) is 11.2 Å². The normalized spacial score (nSPS) is 10.3. The lowest BCUT2D eigenvalue weighted by atomic mass is 10.1. The minimum Gasteiger partial charge on any atom is -0.332 e. The fraction of sp³-hybridized carbons (Fsp3) is 0.0625. The molecule has 0 bridgehead atoms. The van der Waals surface area contributed by atoms with Crippen LogP contribution in [0.3, 0.4) is 0 Å². The van der Waals surface area contributed by atoms with E-state index in [0.717, 1.165) is 11.1 Å². The van der Waals surface area contributed by atoms with Gasteiger partial charge in [0, 0.05) is 5.56 Å². The molecule has 0 unspecified atom stereocenters. The topological polar surface area (TPSA) is 68.0 Å². The molecule has 0 spiro atoms. The number of benzene rings is 2. The summed E-state index contributed by atoms with van der Waals surface area (Å²) in [5.41, 5.74) is 1.75. The maximum Gasteiger partial charge on any atom is 0.270 e. The minimum absolute atomic E-state index is 0.176. The first-order valence-electron chi connectivity index (χ1n) is 6.54. The average molecular weight is 279 g/mol. The quantitative estimate of drug-likeness (QED) is 0.797. The molecule has 2 aromatic carbocycles. The third-order valence-corrected chi connectivity index (χ3v) is 2.91. The largest absolute Gasteiger partial charge is 0.332 e. The number of nitrogens with zero attached hydrogens (tertiary/aromatic N) is 2. The molecule has 3 rings (SSSR count). The third-order valence-electron chi connectivity index (χ3n) is 2.91. The number of rotatable bonds is 4. The molecule has 0 aliphatic heterocycles. The second-order valence-corrected chi connectivity index (χ2v) is 4.50. The molecule has 1 heterocycles. The molecule has 0 aliphatic carbocycles. The number of hydrogen-bond acceptors (Lipinski definition) is 4. The molecule has 5 heteroatoms. The molecule has 5 nitrogen and oxygen atoms in total. The van der Waals surface area contributed by atoms with Gasteiger partial charge in [-0.15, -0.1) is 0 Å². The summed E-state index contributed by atoms with van der Waals surface area (Å²) in [7, 11) is 0. The van der Waals surface area contributed by atoms with Crippen molar-refractivity contribution in [3.63, 3.8) is 0 Å². The van der Waals surface area contributed by atoms with Crippen LogP contribution in [0.1, 0.15) is 5.56 Å². The maximum atomic E-state index is 11.9. The highest BCUT2D eigenvalue weighted by Gasteiger charge is 2.11. The molecule has 21 heavy (non-hydrogen) atoms. The fourth-order valence-corrected chi connectivity index (χ4v) is 1.92. The summed E-state index contributed by atoms with van der Waals surface area (Å²) < 4.78 is 5.13. The molecule has 1 aromatic heterocycles. The molecule has 0 atom stereocenters. The van der Waals surface area contributed by atoms with E-state index in [1.54, 1.807) is 0 Å². The lowest BCUT2D eigenvalue weighted by Gasteiger charge is -2.00. The first kappa shape index (κ1) is 13.1. The zero-order chi connectivity index (χ0) is 14.5. The minimum atomic E-state index is -0.179. The van der Waals surface area contributed by atoms with Crippen LogP contribution in [0, 0.1) is 0 Å². The van der Waals surface area contributed by atoms with Crippen LogP contribution in [0.4, 0.5) is 5.95 Å². The first-order chi connectivity index (χ1) is 10.3. The van der Waals surface area contributed by atoms with Crippen molar-refractivity contribution < 1.29 is 9.32 Å². The molecule has 1 amide bonds. The van der Waals surface area contributed by atoms with Gasteiger partial charge in [-0.1, -0.05) is 48.5 Å². The Morgan fingerprint density at radius 2 is 1.67 bits per heavy atom. The number of aromatic nitrogens is 2. The van der Waals surface area contributed by atoms with E-state index in [2.05, 4.69) is 15.5 Å². The summed E-state index contributed by atoms with van der Waals surface area (Å²) in [6, 6.07) is 18.9. The highest BCUT2D eigenvalue weighted by atomic mass is 16.5. The molecular formula is C16H13N3O2. The third kappa shape index (κ3) is 3.33. The summed E-state index contributed by atoms with van der Waals surface area (Å²) in [5, 5.41) is 6.38. The Labute approximate surface area is 121 Å². The highest BCUT2D eigenvalue weighted by Crippen LogP contribution is 2.17. The Morgan fingerprint density at radius 3 is 2.38 bits per heavy atom. The Bertz CT molecular complexity index is 724. The standard InChI is InChI=1S/C16H13N3O2/c20-14(11-12-7-3-1-4-8-12)17-16-18-15(21-19-16)13-9-5-2-6-10-13/h1-10H,11H2,(H,17,19,20). The van der Waals surface area contributed by atoms with E-state index in [-0.39, 0.29) is 18.3 Å². The van der Waals surface area contributed by atoms with Crippen LogP contribution in [0.2, 0.25) is 0 Å². The van der Waals surface area contributed by atoms with Gasteiger partial charge in [0.2, 0.25) is 5.91 Å². The van der Waals surface area contributed by atoms with E-state index in [1.165, 1.54) is 0 Å². The maximum absolute atomic E-state index is 11.9. The predicted octanol–water partition coefficient (Wildman–Crippen LogP) is 2.92. The average Bonchev–Trinajstić information content (AvgIpc) is 2.97. The lowest BCUT2D eigenvalue weighted by Crippen LogP contribution is -2.15. The van der Waals surface area contributed by atoms with Crippen LogP contribution in [-0.4, -0.2) is 16.0 Å². The van der Waals surface area contributed by atoms with Gasteiger partial charge in [0.25, 0.3) is 11.8 Å². The first-order valence-corrected chi connectivity index (χ1v) is 6.54. The molecule has 1 N–H and O–H groups in total. The molecule has 0 aliphatic rings. The Morgan fingerprint density at radius 1 is 1.00 bits per heavy atom. The van der Waals surface area contributed by atoms with E-state index in [1.807, 2.05) is 60.7 Å². The number of nitrogens with one attached hydrogen (secondary N) is 1. The number of carbonyl (C=O) groups excluding carboxylic acids is 1. The van der Waals surface area contributed by atoms with Crippen molar-refractivity contribution in [2.24, 2.45) is 0 Å². The Hall–Kier alpha value is -2.95. The molecule has 0 saturated carbocycles. The van der Waals surface area contributed by atoms with Crippen molar-refractivity contribution in [1.82, 2.24) is 10.1 Å². The number of hydrogen-bond donors (Lipinski definition) is 1. The van der Waals surface area contributed by atoms with Crippen molar-refractivity contribution in [3.05, 3.63) is 66.2 Å². The Kier molecular flexibility index (Phi) is 3.73. The van der Waals surface area contributed by atoms with Gasteiger partial charge in [-0.25, -0.2) is 0 Å². The summed E-state index contributed by atoms with van der Waals surface area (Å²) in [6.07, 6.45) is 0.274. The number of carbonyl (C=O) groups is 1. The predicted molar refractivity (Wildman–Crippen MR) is 78.5 cm³/mol. The van der Waals surface area contributed by atoms with E-state index in [4.69, 9.17) is 4.52 Å². The molecule has 104 valence electrons. The number of anilines is 1. The number of amides is 1. The summed E-state index contributed by atoms with van der Waals surface area (Å²) in [5.74, 6) is 0.377. The summed E-state index contributed by atoms with van der Waals surface area (Å²) in [4.78, 5) is 16.0. The van der Waals surface area contributed by atoms with Gasteiger partial charge in [0.1, 0.15) is 0 Å². The van der Waals surface area contributed by atoms with Gasteiger partial charge in [-0.05, 0) is 22.9 Å². The molecule has 3 aromatic rings. The summed E-state index contributed by atoms with van der Waals surface area (Å²) in [6.45, 7) is 0.